The second kappa shape index (κ2) is 8.34. The van der Waals surface area contributed by atoms with Gasteiger partial charge in [-0.25, -0.2) is 0 Å². The van der Waals surface area contributed by atoms with Crippen LogP contribution in [-0.2, 0) is 16.0 Å². The molecular formula is C18H27ClN2O2. The molecular weight excluding hydrogens is 312 g/mol. The standard InChI is InChI=1S/C18H27ClN2O2/c1-14(15-3-2-8-23-13-15)20-17-4-5-18(19)16(11-17)12-21-6-9-22-10-7-21/h4-5,11,14-15,20H,2-3,6-10,12-13H2,1H3/t14-,15-/m1/s1. The molecule has 2 aliphatic rings. The van der Waals surface area contributed by atoms with Crippen LogP contribution in [0.25, 0.3) is 0 Å². The summed E-state index contributed by atoms with van der Waals surface area (Å²) < 4.78 is 11.0. The van der Waals surface area contributed by atoms with Gasteiger partial charge < -0.3 is 14.8 Å². The van der Waals surface area contributed by atoms with Crippen molar-refractivity contribution in [3.05, 3.63) is 28.8 Å². The summed E-state index contributed by atoms with van der Waals surface area (Å²) in [5, 5.41) is 4.48. The second-order valence-corrected chi connectivity index (χ2v) is 7.01. The number of rotatable bonds is 5. The van der Waals surface area contributed by atoms with Crippen LogP contribution in [0.3, 0.4) is 0 Å². The van der Waals surface area contributed by atoms with Gasteiger partial charge >= 0.3 is 0 Å². The van der Waals surface area contributed by atoms with Crippen molar-refractivity contribution in [1.29, 1.82) is 0 Å². The van der Waals surface area contributed by atoms with Gasteiger partial charge in [0, 0.05) is 48.9 Å². The first kappa shape index (κ1) is 17.0. The topological polar surface area (TPSA) is 33.7 Å². The Labute approximate surface area is 144 Å². The van der Waals surface area contributed by atoms with E-state index >= 15 is 0 Å². The highest BCUT2D eigenvalue weighted by Gasteiger charge is 2.21. The lowest BCUT2D eigenvalue weighted by Crippen LogP contribution is -2.35. The highest BCUT2D eigenvalue weighted by atomic mass is 35.5. The van der Waals surface area contributed by atoms with Crippen LogP contribution in [-0.4, -0.2) is 50.5 Å². The number of nitrogens with zero attached hydrogens (tertiary/aromatic N) is 1. The van der Waals surface area contributed by atoms with Gasteiger partial charge in [0.15, 0.2) is 0 Å². The van der Waals surface area contributed by atoms with Crippen LogP contribution in [0.1, 0.15) is 25.3 Å². The summed E-state index contributed by atoms with van der Waals surface area (Å²) in [7, 11) is 0. The Bertz CT molecular complexity index is 500. The molecule has 0 amide bonds. The summed E-state index contributed by atoms with van der Waals surface area (Å²) in [6.45, 7) is 8.49. The fourth-order valence-electron chi connectivity index (χ4n) is 3.33. The van der Waals surface area contributed by atoms with E-state index in [2.05, 4.69) is 29.3 Å². The lowest BCUT2D eigenvalue weighted by molar-refractivity contribution is 0.0342. The number of nitrogens with one attached hydrogen (secondary N) is 1. The smallest absolute Gasteiger partial charge is 0.0594 e. The van der Waals surface area contributed by atoms with E-state index in [1.54, 1.807) is 0 Å². The van der Waals surface area contributed by atoms with E-state index in [9.17, 15) is 0 Å². The Morgan fingerprint density at radius 1 is 1.26 bits per heavy atom. The normalized spacial score (nSPS) is 24.3. The minimum Gasteiger partial charge on any atom is -0.382 e. The summed E-state index contributed by atoms with van der Waals surface area (Å²) in [5.74, 6) is 0.585. The highest BCUT2D eigenvalue weighted by Crippen LogP contribution is 2.25. The van der Waals surface area contributed by atoms with Crippen molar-refractivity contribution in [2.45, 2.75) is 32.4 Å². The maximum atomic E-state index is 6.39. The largest absolute Gasteiger partial charge is 0.382 e. The molecule has 0 spiro atoms. The van der Waals surface area contributed by atoms with Crippen LogP contribution in [0.2, 0.25) is 5.02 Å². The number of halogens is 1. The molecule has 1 N–H and O–H groups in total. The molecule has 0 aliphatic carbocycles. The Balaban J connectivity index is 1.61. The van der Waals surface area contributed by atoms with Crippen LogP contribution >= 0.6 is 11.6 Å². The van der Waals surface area contributed by atoms with E-state index in [0.29, 0.717) is 12.0 Å². The van der Waals surface area contributed by atoms with Gasteiger partial charge in [-0.2, -0.15) is 0 Å². The van der Waals surface area contributed by atoms with Crippen molar-refractivity contribution in [1.82, 2.24) is 4.90 Å². The number of anilines is 1. The average molecular weight is 339 g/mol. The molecule has 0 saturated carbocycles. The van der Waals surface area contributed by atoms with Crippen LogP contribution in [0, 0.1) is 5.92 Å². The molecule has 128 valence electrons. The summed E-state index contributed by atoms with van der Waals surface area (Å²) in [5.41, 5.74) is 2.33. The molecule has 0 unspecified atom stereocenters. The molecule has 23 heavy (non-hydrogen) atoms. The van der Waals surface area contributed by atoms with Crippen LogP contribution < -0.4 is 5.32 Å². The fourth-order valence-corrected chi connectivity index (χ4v) is 3.50. The van der Waals surface area contributed by atoms with Crippen molar-refractivity contribution in [2.24, 2.45) is 5.92 Å². The molecule has 0 radical (unpaired) electrons. The van der Waals surface area contributed by atoms with Gasteiger partial charge in [-0.3, -0.25) is 4.90 Å². The Hall–Kier alpha value is -0.810. The minimum atomic E-state index is 0.410. The van der Waals surface area contributed by atoms with Crippen molar-refractivity contribution < 1.29 is 9.47 Å². The van der Waals surface area contributed by atoms with Gasteiger partial charge in [0.2, 0.25) is 0 Å². The van der Waals surface area contributed by atoms with Gasteiger partial charge in [0.05, 0.1) is 19.8 Å². The summed E-state index contributed by atoms with van der Waals surface area (Å²) in [6, 6.07) is 6.68. The Kier molecular flexibility index (Phi) is 6.17. The monoisotopic (exact) mass is 338 g/mol. The van der Waals surface area contributed by atoms with Crippen LogP contribution in [0.4, 0.5) is 5.69 Å². The maximum Gasteiger partial charge on any atom is 0.0594 e. The minimum absolute atomic E-state index is 0.410. The molecule has 1 aromatic carbocycles. The van der Waals surface area contributed by atoms with Crippen molar-refractivity contribution in [3.8, 4) is 0 Å². The fraction of sp³-hybridized carbons (Fsp3) is 0.667. The van der Waals surface area contributed by atoms with E-state index in [1.165, 1.54) is 18.4 Å². The van der Waals surface area contributed by atoms with E-state index in [-0.39, 0.29) is 0 Å². The molecule has 1 aromatic rings. The highest BCUT2D eigenvalue weighted by molar-refractivity contribution is 6.31. The third kappa shape index (κ3) is 4.83. The first-order valence-electron chi connectivity index (χ1n) is 8.65. The molecule has 2 aliphatic heterocycles. The van der Waals surface area contributed by atoms with Crippen molar-refractivity contribution >= 4 is 17.3 Å². The summed E-state index contributed by atoms with van der Waals surface area (Å²) >= 11 is 6.39. The van der Waals surface area contributed by atoms with E-state index in [0.717, 1.165) is 56.8 Å². The van der Waals surface area contributed by atoms with Gasteiger partial charge in [-0.05, 0) is 43.5 Å². The zero-order chi connectivity index (χ0) is 16.1. The zero-order valence-corrected chi connectivity index (χ0v) is 14.6. The molecule has 2 heterocycles. The molecule has 3 rings (SSSR count). The van der Waals surface area contributed by atoms with Gasteiger partial charge in [0.1, 0.15) is 0 Å². The third-order valence-electron chi connectivity index (χ3n) is 4.84. The first-order chi connectivity index (χ1) is 11.2. The Morgan fingerprint density at radius 3 is 2.83 bits per heavy atom. The lowest BCUT2D eigenvalue weighted by Gasteiger charge is -2.30. The number of ether oxygens (including phenoxy) is 2. The van der Waals surface area contributed by atoms with Gasteiger partial charge in [-0.15, -0.1) is 0 Å². The zero-order valence-electron chi connectivity index (χ0n) is 13.9. The molecule has 0 bridgehead atoms. The van der Waals surface area contributed by atoms with Gasteiger partial charge in [-0.1, -0.05) is 11.6 Å². The molecule has 2 fully saturated rings. The number of hydrogen-bond donors (Lipinski definition) is 1. The summed E-state index contributed by atoms with van der Waals surface area (Å²) in [4.78, 5) is 2.40. The lowest BCUT2D eigenvalue weighted by atomic mass is 9.94. The molecule has 2 saturated heterocycles. The van der Waals surface area contributed by atoms with Crippen LogP contribution in [0.15, 0.2) is 18.2 Å². The third-order valence-corrected chi connectivity index (χ3v) is 5.21. The Morgan fingerprint density at radius 2 is 2.09 bits per heavy atom. The number of benzene rings is 1. The number of hydrogen-bond acceptors (Lipinski definition) is 4. The van der Waals surface area contributed by atoms with E-state index in [4.69, 9.17) is 21.1 Å². The first-order valence-corrected chi connectivity index (χ1v) is 9.03. The maximum absolute atomic E-state index is 6.39. The molecule has 4 nitrogen and oxygen atoms in total. The molecule has 0 aromatic heterocycles. The molecule has 5 heteroatoms. The average Bonchev–Trinajstić information content (AvgIpc) is 2.59. The van der Waals surface area contributed by atoms with Crippen molar-refractivity contribution in [3.63, 3.8) is 0 Å². The SMILES string of the molecule is C[C@@H](Nc1ccc(Cl)c(CN2CCOCC2)c1)[C@@H]1CCCOC1. The molecule has 2 atom stereocenters. The van der Waals surface area contributed by atoms with Crippen LogP contribution in [0.5, 0.6) is 0 Å². The quantitative estimate of drug-likeness (QED) is 0.892. The predicted octanol–water partition coefficient (Wildman–Crippen LogP) is 3.40. The van der Waals surface area contributed by atoms with E-state index in [1.807, 2.05) is 6.07 Å². The van der Waals surface area contributed by atoms with Crippen molar-refractivity contribution in [2.75, 3.05) is 44.8 Å². The summed E-state index contributed by atoms with van der Waals surface area (Å²) in [6.07, 6.45) is 2.40. The second-order valence-electron chi connectivity index (χ2n) is 6.60. The van der Waals surface area contributed by atoms with Gasteiger partial charge in [0.25, 0.3) is 0 Å². The number of morpholine rings is 1. The van der Waals surface area contributed by atoms with E-state index < -0.39 is 0 Å². The predicted molar refractivity (Wildman–Crippen MR) is 94.2 cm³/mol.